The number of hydrogen-bond acceptors (Lipinski definition) is 2. The first-order valence-corrected chi connectivity index (χ1v) is 11.4. The van der Waals surface area contributed by atoms with Crippen molar-refractivity contribution in [3.05, 3.63) is 18.7 Å². The Morgan fingerprint density at radius 1 is 0.692 bits per heavy atom. The van der Waals surface area contributed by atoms with Crippen LogP contribution < -0.4 is 0 Å². The van der Waals surface area contributed by atoms with Crippen LogP contribution in [-0.4, -0.2) is 22.8 Å². The average molecular weight is 367 g/mol. The molecule has 0 saturated carbocycles. The lowest BCUT2D eigenvalue weighted by molar-refractivity contribution is 0.130. The predicted molar refractivity (Wildman–Crippen MR) is 115 cm³/mol. The fourth-order valence-corrected chi connectivity index (χ4v) is 2.93. The molecule has 0 atom stereocenters. The summed E-state index contributed by atoms with van der Waals surface area (Å²) in [6, 6.07) is 0. The summed E-state index contributed by atoms with van der Waals surface area (Å²) in [6.07, 6.45) is 24.8. The van der Waals surface area contributed by atoms with Gasteiger partial charge in [-0.2, -0.15) is 0 Å². The summed E-state index contributed by atoms with van der Waals surface area (Å²) in [6.45, 7) is 9.45. The summed E-state index contributed by atoms with van der Waals surface area (Å²) in [4.78, 5) is 4.07. The maximum Gasteiger partial charge on any atom is 0.0945 e. The van der Waals surface area contributed by atoms with Gasteiger partial charge in [0.15, 0.2) is 0 Å². The second-order valence-electron chi connectivity index (χ2n) is 7.36. The molecule has 1 rings (SSSR count). The molecule has 0 bridgehead atoms. The average Bonchev–Trinajstić information content (AvgIpc) is 3.15. The minimum Gasteiger partial charge on any atom is -0.381 e. The van der Waals surface area contributed by atoms with Crippen molar-refractivity contribution in [3.8, 4) is 0 Å². The molecule has 0 saturated heterocycles. The zero-order valence-electron chi connectivity index (χ0n) is 18.1. The van der Waals surface area contributed by atoms with Gasteiger partial charge < -0.3 is 9.30 Å². The maximum absolute atomic E-state index is 5.50. The van der Waals surface area contributed by atoms with Gasteiger partial charge in [0, 0.05) is 32.2 Å². The zero-order valence-corrected chi connectivity index (χ0v) is 18.1. The molecule has 154 valence electrons. The molecular formula is C23H46N2O. The van der Waals surface area contributed by atoms with Gasteiger partial charge in [-0.1, -0.05) is 91.4 Å². The Morgan fingerprint density at radius 2 is 1.19 bits per heavy atom. The van der Waals surface area contributed by atoms with Gasteiger partial charge in [0.05, 0.1) is 6.33 Å². The number of nitrogens with zero attached hydrogens (tertiary/aromatic N) is 2. The van der Waals surface area contributed by atoms with Gasteiger partial charge in [0.2, 0.25) is 0 Å². The molecule has 3 nitrogen and oxygen atoms in total. The van der Waals surface area contributed by atoms with E-state index < -0.39 is 0 Å². The largest absolute Gasteiger partial charge is 0.381 e. The fourth-order valence-electron chi connectivity index (χ4n) is 2.93. The van der Waals surface area contributed by atoms with Crippen molar-refractivity contribution in [1.29, 1.82) is 0 Å². The smallest absolute Gasteiger partial charge is 0.0945 e. The Morgan fingerprint density at radius 3 is 1.65 bits per heavy atom. The molecule has 0 aliphatic carbocycles. The quantitative estimate of drug-likeness (QED) is 0.268. The van der Waals surface area contributed by atoms with Crippen LogP contribution in [0, 0.1) is 0 Å². The topological polar surface area (TPSA) is 27.1 Å². The Labute approximate surface area is 163 Å². The van der Waals surface area contributed by atoms with Gasteiger partial charge in [0.25, 0.3) is 0 Å². The molecule has 1 aromatic heterocycles. The molecule has 3 heteroatoms. The van der Waals surface area contributed by atoms with Gasteiger partial charge in [0.1, 0.15) is 0 Å². The second kappa shape index (κ2) is 22.2. The van der Waals surface area contributed by atoms with E-state index in [9.17, 15) is 0 Å². The third-order valence-electron chi connectivity index (χ3n) is 4.36. The van der Waals surface area contributed by atoms with Crippen molar-refractivity contribution in [2.75, 3.05) is 13.2 Å². The van der Waals surface area contributed by atoms with Crippen LogP contribution in [0.15, 0.2) is 18.7 Å². The molecule has 26 heavy (non-hydrogen) atoms. The lowest BCUT2D eigenvalue weighted by Crippen LogP contribution is -1.95. The molecule has 0 N–H and O–H groups in total. The van der Waals surface area contributed by atoms with Crippen LogP contribution in [0.2, 0.25) is 0 Å². The molecule has 0 radical (unpaired) electrons. The van der Waals surface area contributed by atoms with Crippen molar-refractivity contribution >= 4 is 0 Å². The first-order chi connectivity index (χ1) is 12.8. The summed E-state index contributed by atoms with van der Waals surface area (Å²) >= 11 is 0. The summed E-state index contributed by atoms with van der Waals surface area (Å²) in [5.41, 5.74) is 0. The van der Waals surface area contributed by atoms with Crippen LogP contribution in [0.4, 0.5) is 0 Å². The van der Waals surface area contributed by atoms with Gasteiger partial charge >= 0.3 is 0 Å². The third-order valence-corrected chi connectivity index (χ3v) is 4.36. The molecule has 1 heterocycles. The number of imidazole rings is 1. The van der Waals surface area contributed by atoms with E-state index >= 15 is 0 Å². The van der Waals surface area contributed by atoms with E-state index in [0.29, 0.717) is 0 Å². The number of ether oxygens (including phenoxy) is 1. The standard InChI is InChI=1S/C20H38N2O.C3H8/c1-2-18-23-19-14-12-10-8-6-4-3-5-7-9-11-13-16-22-17-15-21-20-22;1-3-2/h15,17,20H,2-14,16,18-19H2,1H3;3H2,1-2H3. The Balaban J connectivity index is 0.00000194. The Hall–Kier alpha value is -0.830. The van der Waals surface area contributed by atoms with Crippen LogP contribution in [0.1, 0.15) is 111 Å². The van der Waals surface area contributed by atoms with Crippen LogP contribution >= 0.6 is 0 Å². The van der Waals surface area contributed by atoms with E-state index in [1.807, 2.05) is 12.5 Å². The highest BCUT2D eigenvalue weighted by atomic mass is 16.5. The molecule has 0 aromatic carbocycles. The molecule has 0 amide bonds. The number of rotatable bonds is 17. The number of unbranched alkanes of at least 4 members (excludes halogenated alkanes) is 11. The van der Waals surface area contributed by atoms with Gasteiger partial charge in [-0.15, -0.1) is 0 Å². The monoisotopic (exact) mass is 366 g/mol. The maximum atomic E-state index is 5.50. The zero-order chi connectivity index (χ0) is 19.1. The summed E-state index contributed by atoms with van der Waals surface area (Å²) in [7, 11) is 0. The fraction of sp³-hybridized carbons (Fsp3) is 0.870. The van der Waals surface area contributed by atoms with Crippen molar-refractivity contribution in [2.24, 2.45) is 0 Å². The molecule has 0 fully saturated rings. The van der Waals surface area contributed by atoms with Crippen molar-refractivity contribution < 1.29 is 4.74 Å². The highest BCUT2D eigenvalue weighted by molar-refractivity contribution is 4.73. The lowest BCUT2D eigenvalue weighted by Gasteiger charge is -2.04. The summed E-state index contributed by atoms with van der Waals surface area (Å²) in [5.74, 6) is 0. The van der Waals surface area contributed by atoms with Crippen LogP contribution in [0.3, 0.4) is 0 Å². The highest BCUT2D eigenvalue weighted by Crippen LogP contribution is 2.12. The van der Waals surface area contributed by atoms with E-state index in [1.165, 1.54) is 83.5 Å². The predicted octanol–water partition coefficient (Wildman–Crippen LogP) is 7.41. The minimum atomic E-state index is 0.934. The van der Waals surface area contributed by atoms with Crippen molar-refractivity contribution in [3.63, 3.8) is 0 Å². The van der Waals surface area contributed by atoms with Gasteiger partial charge in [-0.25, -0.2) is 4.98 Å². The number of hydrogen-bond donors (Lipinski definition) is 0. The molecular weight excluding hydrogens is 320 g/mol. The highest BCUT2D eigenvalue weighted by Gasteiger charge is 1.95. The normalized spacial score (nSPS) is 10.6. The Kier molecular flexibility index (Phi) is 21.5. The summed E-state index contributed by atoms with van der Waals surface area (Å²) in [5, 5.41) is 0. The molecule has 1 aromatic rings. The summed E-state index contributed by atoms with van der Waals surface area (Å²) < 4.78 is 7.68. The van der Waals surface area contributed by atoms with E-state index in [0.717, 1.165) is 26.2 Å². The minimum absolute atomic E-state index is 0.934. The van der Waals surface area contributed by atoms with E-state index in [2.05, 4.69) is 36.5 Å². The van der Waals surface area contributed by atoms with E-state index in [1.54, 1.807) is 0 Å². The molecule has 0 aliphatic rings. The lowest BCUT2D eigenvalue weighted by atomic mass is 10.1. The number of aromatic nitrogens is 2. The SMILES string of the molecule is CCC.CCCOCCCCCCCCCCCCCCn1ccnc1. The van der Waals surface area contributed by atoms with E-state index in [-0.39, 0.29) is 0 Å². The van der Waals surface area contributed by atoms with Crippen LogP contribution in [-0.2, 0) is 11.3 Å². The molecule has 0 unspecified atom stereocenters. The van der Waals surface area contributed by atoms with Gasteiger partial charge in [-0.05, 0) is 19.3 Å². The third kappa shape index (κ3) is 19.5. The first kappa shape index (κ1) is 25.2. The van der Waals surface area contributed by atoms with E-state index in [4.69, 9.17) is 4.74 Å². The second-order valence-corrected chi connectivity index (χ2v) is 7.36. The van der Waals surface area contributed by atoms with Crippen LogP contribution in [0.25, 0.3) is 0 Å². The molecule has 0 aliphatic heterocycles. The number of aryl methyl sites for hydroxylation is 1. The first-order valence-electron chi connectivity index (χ1n) is 11.4. The van der Waals surface area contributed by atoms with Crippen LogP contribution in [0.5, 0.6) is 0 Å². The van der Waals surface area contributed by atoms with Gasteiger partial charge in [-0.3, -0.25) is 0 Å². The van der Waals surface area contributed by atoms with Crippen molar-refractivity contribution in [1.82, 2.24) is 9.55 Å². The Bertz CT molecular complexity index is 338. The van der Waals surface area contributed by atoms with Crippen molar-refractivity contribution in [2.45, 2.75) is 117 Å². The molecule has 0 spiro atoms.